The van der Waals surface area contributed by atoms with Crippen LogP contribution in [0.4, 0.5) is 5.69 Å². The van der Waals surface area contributed by atoms with Crippen LogP contribution in [0.1, 0.15) is 23.2 Å². The number of benzene rings is 1. The summed E-state index contributed by atoms with van der Waals surface area (Å²) in [7, 11) is 4.00. The van der Waals surface area contributed by atoms with Crippen molar-refractivity contribution in [2.75, 3.05) is 32.5 Å². The van der Waals surface area contributed by atoms with Crippen LogP contribution in [0.3, 0.4) is 0 Å². The van der Waals surface area contributed by atoms with E-state index in [1.54, 1.807) is 0 Å². The summed E-state index contributed by atoms with van der Waals surface area (Å²) in [4.78, 5) is 14.6. The van der Waals surface area contributed by atoms with Gasteiger partial charge in [0.2, 0.25) is 0 Å². The SMILES string of the molecule is CNc1ccc(C(=O)C2CCN(C)CC2)cc1. The Hall–Kier alpha value is -1.35. The van der Waals surface area contributed by atoms with Crippen LogP contribution < -0.4 is 5.32 Å². The first kappa shape index (κ1) is 12.1. The van der Waals surface area contributed by atoms with Crippen LogP contribution in [-0.2, 0) is 0 Å². The molecule has 1 aliphatic heterocycles. The average molecular weight is 232 g/mol. The number of nitrogens with zero attached hydrogens (tertiary/aromatic N) is 1. The lowest BCUT2D eigenvalue weighted by atomic mass is 9.89. The number of carbonyl (C=O) groups is 1. The maximum absolute atomic E-state index is 12.3. The number of Topliss-reactive ketones (excluding diaryl/α,β-unsaturated/α-hetero) is 1. The fraction of sp³-hybridized carbons (Fsp3) is 0.500. The maximum Gasteiger partial charge on any atom is 0.166 e. The Bertz CT molecular complexity index is 378. The summed E-state index contributed by atoms with van der Waals surface area (Å²) in [5, 5.41) is 3.06. The molecule has 0 unspecified atom stereocenters. The lowest BCUT2D eigenvalue weighted by Crippen LogP contribution is -2.33. The van der Waals surface area contributed by atoms with Gasteiger partial charge in [-0.15, -0.1) is 0 Å². The fourth-order valence-electron chi connectivity index (χ4n) is 2.31. The minimum atomic E-state index is 0.214. The predicted octanol–water partition coefficient (Wildman–Crippen LogP) is 2.25. The Morgan fingerprint density at radius 2 is 1.82 bits per heavy atom. The molecule has 1 aromatic rings. The number of hydrogen-bond donors (Lipinski definition) is 1. The van der Waals surface area contributed by atoms with Crippen LogP contribution >= 0.6 is 0 Å². The Balaban J connectivity index is 2.03. The van der Waals surface area contributed by atoms with E-state index >= 15 is 0 Å². The largest absolute Gasteiger partial charge is 0.388 e. The second-order valence-corrected chi connectivity index (χ2v) is 4.77. The summed E-state index contributed by atoms with van der Waals surface area (Å²) in [6.07, 6.45) is 1.98. The smallest absolute Gasteiger partial charge is 0.166 e. The summed E-state index contributed by atoms with van der Waals surface area (Å²) in [6, 6.07) is 7.77. The minimum Gasteiger partial charge on any atom is -0.388 e. The number of piperidine rings is 1. The van der Waals surface area contributed by atoms with Gasteiger partial charge >= 0.3 is 0 Å². The zero-order chi connectivity index (χ0) is 12.3. The van der Waals surface area contributed by atoms with Crippen molar-refractivity contribution >= 4 is 11.5 Å². The normalized spacial score (nSPS) is 18.0. The van der Waals surface area contributed by atoms with E-state index in [1.807, 2.05) is 31.3 Å². The number of nitrogens with one attached hydrogen (secondary N) is 1. The van der Waals surface area contributed by atoms with Gasteiger partial charge in [-0.3, -0.25) is 4.79 Å². The van der Waals surface area contributed by atoms with Crippen LogP contribution in [0.25, 0.3) is 0 Å². The molecule has 17 heavy (non-hydrogen) atoms. The molecule has 0 atom stereocenters. The van der Waals surface area contributed by atoms with E-state index in [4.69, 9.17) is 0 Å². The average Bonchev–Trinajstić information content (AvgIpc) is 2.39. The van der Waals surface area contributed by atoms with Crippen LogP contribution in [0.5, 0.6) is 0 Å². The second kappa shape index (κ2) is 5.32. The van der Waals surface area contributed by atoms with E-state index < -0.39 is 0 Å². The third kappa shape index (κ3) is 2.86. The maximum atomic E-state index is 12.3. The predicted molar refractivity (Wildman–Crippen MR) is 70.5 cm³/mol. The van der Waals surface area contributed by atoms with Gasteiger partial charge in [-0.1, -0.05) is 0 Å². The van der Waals surface area contributed by atoms with Gasteiger partial charge in [-0.25, -0.2) is 0 Å². The first-order valence-corrected chi connectivity index (χ1v) is 6.21. The van der Waals surface area contributed by atoms with Gasteiger partial charge in [0.15, 0.2) is 5.78 Å². The van der Waals surface area contributed by atoms with Gasteiger partial charge in [0, 0.05) is 24.2 Å². The molecule has 0 radical (unpaired) electrons. The van der Waals surface area contributed by atoms with Crippen LogP contribution in [0, 0.1) is 5.92 Å². The molecule has 0 spiro atoms. The molecule has 0 amide bonds. The molecule has 3 nitrogen and oxygen atoms in total. The van der Waals surface area contributed by atoms with E-state index in [0.29, 0.717) is 5.78 Å². The standard InChI is InChI=1S/C14H20N2O/c1-15-13-5-3-11(4-6-13)14(17)12-7-9-16(2)10-8-12/h3-6,12,15H,7-10H2,1-2H3. The van der Waals surface area contributed by atoms with Crippen molar-refractivity contribution in [3.8, 4) is 0 Å². The van der Waals surface area contributed by atoms with Gasteiger partial charge in [-0.05, 0) is 57.2 Å². The van der Waals surface area contributed by atoms with E-state index in [0.717, 1.165) is 37.2 Å². The highest BCUT2D eigenvalue weighted by Crippen LogP contribution is 2.21. The van der Waals surface area contributed by atoms with Crippen molar-refractivity contribution in [1.82, 2.24) is 4.90 Å². The van der Waals surface area contributed by atoms with Gasteiger partial charge in [0.25, 0.3) is 0 Å². The summed E-state index contributed by atoms with van der Waals surface area (Å²) >= 11 is 0. The number of likely N-dealkylation sites (tertiary alicyclic amines) is 1. The van der Waals surface area contributed by atoms with E-state index in [2.05, 4.69) is 17.3 Å². The van der Waals surface area contributed by atoms with Crippen LogP contribution in [-0.4, -0.2) is 37.9 Å². The van der Waals surface area contributed by atoms with Crippen molar-refractivity contribution in [2.45, 2.75) is 12.8 Å². The van der Waals surface area contributed by atoms with Crippen molar-refractivity contribution in [1.29, 1.82) is 0 Å². The third-order valence-corrected chi connectivity index (χ3v) is 3.55. The number of hydrogen-bond acceptors (Lipinski definition) is 3. The summed E-state index contributed by atoms with van der Waals surface area (Å²) in [6.45, 7) is 2.07. The number of carbonyl (C=O) groups excluding carboxylic acids is 1. The van der Waals surface area contributed by atoms with Crippen molar-refractivity contribution < 1.29 is 4.79 Å². The lowest BCUT2D eigenvalue weighted by molar-refractivity contribution is 0.0857. The molecule has 3 heteroatoms. The van der Waals surface area contributed by atoms with E-state index in [-0.39, 0.29) is 5.92 Å². The van der Waals surface area contributed by atoms with Crippen LogP contribution in [0.2, 0.25) is 0 Å². The van der Waals surface area contributed by atoms with Crippen molar-refractivity contribution in [2.24, 2.45) is 5.92 Å². The molecule has 1 heterocycles. The Labute approximate surface area is 103 Å². The molecule has 92 valence electrons. The molecule has 1 N–H and O–H groups in total. The molecule has 0 bridgehead atoms. The number of rotatable bonds is 3. The molecule has 2 rings (SSSR count). The van der Waals surface area contributed by atoms with Gasteiger partial charge in [0.05, 0.1) is 0 Å². The van der Waals surface area contributed by atoms with E-state index in [9.17, 15) is 4.79 Å². The van der Waals surface area contributed by atoms with E-state index in [1.165, 1.54) is 0 Å². The summed E-state index contributed by atoms with van der Waals surface area (Å²) in [5.74, 6) is 0.521. The Morgan fingerprint density at radius 1 is 1.24 bits per heavy atom. The second-order valence-electron chi connectivity index (χ2n) is 4.77. The molecule has 0 saturated carbocycles. The van der Waals surface area contributed by atoms with Crippen molar-refractivity contribution in [3.05, 3.63) is 29.8 Å². The van der Waals surface area contributed by atoms with Gasteiger partial charge in [0.1, 0.15) is 0 Å². The number of ketones is 1. The highest BCUT2D eigenvalue weighted by molar-refractivity contribution is 5.98. The molecular weight excluding hydrogens is 212 g/mol. The monoisotopic (exact) mass is 232 g/mol. The lowest BCUT2D eigenvalue weighted by Gasteiger charge is -2.28. The highest BCUT2D eigenvalue weighted by atomic mass is 16.1. The Kier molecular flexibility index (Phi) is 3.79. The first-order valence-electron chi connectivity index (χ1n) is 6.21. The molecule has 0 aromatic heterocycles. The van der Waals surface area contributed by atoms with Crippen LogP contribution in [0.15, 0.2) is 24.3 Å². The summed E-state index contributed by atoms with van der Waals surface area (Å²) in [5.41, 5.74) is 1.89. The number of anilines is 1. The molecule has 1 saturated heterocycles. The van der Waals surface area contributed by atoms with Crippen molar-refractivity contribution in [3.63, 3.8) is 0 Å². The van der Waals surface area contributed by atoms with Gasteiger partial charge < -0.3 is 10.2 Å². The minimum absolute atomic E-state index is 0.214. The quantitative estimate of drug-likeness (QED) is 0.811. The van der Waals surface area contributed by atoms with Gasteiger partial charge in [-0.2, -0.15) is 0 Å². The zero-order valence-electron chi connectivity index (χ0n) is 10.6. The molecular formula is C14H20N2O. The first-order chi connectivity index (χ1) is 8.20. The molecule has 1 aliphatic rings. The Morgan fingerprint density at radius 3 is 2.35 bits per heavy atom. The zero-order valence-corrected chi connectivity index (χ0v) is 10.6. The fourth-order valence-corrected chi connectivity index (χ4v) is 2.31. The molecule has 1 fully saturated rings. The topological polar surface area (TPSA) is 32.3 Å². The summed E-state index contributed by atoms with van der Waals surface area (Å²) < 4.78 is 0. The third-order valence-electron chi connectivity index (χ3n) is 3.55. The highest BCUT2D eigenvalue weighted by Gasteiger charge is 2.24. The molecule has 0 aliphatic carbocycles. The molecule has 1 aromatic carbocycles.